The molecule has 2 atom stereocenters. The molecular formula is C29H40N4. The average molecular weight is 445 g/mol. The van der Waals surface area contributed by atoms with Gasteiger partial charge in [0.15, 0.2) is 5.82 Å². The molecule has 0 bridgehead atoms. The summed E-state index contributed by atoms with van der Waals surface area (Å²) in [4.78, 5) is 9.59. The Kier molecular flexibility index (Phi) is 7.04. The molecule has 1 saturated carbocycles. The molecule has 0 aliphatic heterocycles. The van der Waals surface area contributed by atoms with Crippen molar-refractivity contribution in [3.8, 4) is 11.3 Å². The van der Waals surface area contributed by atoms with Gasteiger partial charge in [-0.05, 0) is 72.1 Å². The van der Waals surface area contributed by atoms with Crippen molar-refractivity contribution in [1.29, 1.82) is 0 Å². The number of nitrogens with two attached hydrogens (primary N) is 1. The first kappa shape index (κ1) is 23.7. The third kappa shape index (κ3) is 4.91. The van der Waals surface area contributed by atoms with E-state index in [9.17, 15) is 0 Å². The first-order chi connectivity index (χ1) is 15.8. The largest absolute Gasteiger partial charge is 0.307 e. The maximum Gasteiger partial charge on any atom is 0.166 e. The maximum absolute atomic E-state index is 5.78. The Hall–Kier alpha value is -2.46. The summed E-state index contributed by atoms with van der Waals surface area (Å²) in [6, 6.07) is 13.5. The monoisotopic (exact) mass is 444 g/mol. The summed E-state index contributed by atoms with van der Waals surface area (Å²) in [5, 5.41) is 1.10. The van der Waals surface area contributed by atoms with Crippen LogP contribution in [0.4, 0.5) is 5.82 Å². The summed E-state index contributed by atoms with van der Waals surface area (Å²) in [6.45, 7) is 11.6. The zero-order chi connectivity index (χ0) is 23.6. The lowest BCUT2D eigenvalue weighted by molar-refractivity contribution is 0.341. The summed E-state index contributed by atoms with van der Waals surface area (Å²) >= 11 is 0. The first-order valence-corrected chi connectivity index (χ1v) is 12.7. The Bertz CT molecular complexity index is 1080. The highest BCUT2D eigenvalue weighted by Gasteiger charge is 2.26. The van der Waals surface area contributed by atoms with Crippen LogP contribution in [0.2, 0.25) is 0 Å². The predicted molar refractivity (Wildman–Crippen MR) is 140 cm³/mol. The van der Waals surface area contributed by atoms with Gasteiger partial charge >= 0.3 is 0 Å². The highest BCUT2D eigenvalue weighted by atomic mass is 15.3. The fraction of sp³-hybridized carbons (Fsp3) is 0.517. The average Bonchev–Trinajstić information content (AvgIpc) is 3.09. The highest BCUT2D eigenvalue weighted by molar-refractivity contribution is 5.91. The zero-order valence-electron chi connectivity index (χ0n) is 21.0. The van der Waals surface area contributed by atoms with E-state index in [0.717, 1.165) is 34.9 Å². The molecule has 0 saturated heterocycles. The van der Waals surface area contributed by atoms with Gasteiger partial charge in [0.2, 0.25) is 0 Å². The SMILES string of the molecule is CCC(C)(C)c1ccc(-c2nc3c(NN)nccc3cc2C2CCCC(C(C)C)CC2)cc1. The topological polar surface area (TPSA) is 63.8 Å². The van der Waals surface area contributed by atoms with Crippen LogP contribution in [0.25, 0.3) is 22.2 Å². The number of hydrogen-bond donors (Lipinski definition) is 2. The minimum atomic E-state index is 0.172. The van der Waals surface area contributed by atoms with Crippen molar-refractivity contribution in [1.82, 2.24) is 9.97 Å². The van der Waals surface area contributed by atoms with Crippen molar-refractivity contribution in [2.45, 2.75) is 84.5 Å². The van der Waals surface area contributed by atoms with E-state index < -0.39 is 0 Å². The van der Waals surface area contributed by atoms with Gasteiger partial charge in [-0.2, -0.15) is 0 Å². The van der Waals surface area contributed by atoms with E-state index in [-0.39, 0.29) is 5.41 Å². The minimum absolute atomic E-state index is 0.172. The van der Waals surface area contributed by atoms with Crippen molar-refractivity contribution in [2.75, 3.05) is 5.43 Å². The van der Waals surface area contributed by atoms with Crippen LogP contribution in [0.15, 0.2) is 42.6 Å². The van der Waals surface area contributed by atoms with Crippen LogP contribution in [-0.2, 0) is 5.41 Å². The van der Waals surface area contributed by atoms with Gasteiger partial charge in [0.25, 0.3) is 0 Å². The smallest absolute Gasteiger partial charge is 0.166 e. The zero-order valence-corrected chi connectivity index (χ0v) is 21.0. The number of benzene rings is 1. The van der Waals surface area contributed by atoms with Gasteiger partial charge in [-0.15, -0.1) is 0 Å². The fourth-order valence-electron chi connectivity index (χ4n) is 5.35. The van der Waals surface area contributed by atoms with Gasteiger partial charge < -0.3 is 5.43 Å². The second-order valence-corrected chi connectivity index (χ2v) is 10.8. The molecule has 3 N–H and O–H groups in total. The van der Waals surface area contributed by atoms with Crippen molar-refractivity contribution in [3.05, 3.63) is 53.7 Å². The Balaban J connectivity index is 1.81. The molecule has 0 amide bonds. The van der Waals surface area contributed by atoms with Gasteiger partial charge in [-0.3, -0.25) is 0 Å². The second-order valence-electron chi connectivity index (χ2n) is 10.8. The summed E-state index contributed by atoms with van der Waals surface area (Å²) < 4.78 is 0. The van der Waals surface area contributed by atoms with Crippen LogP contribution < -0.4 is 11.3 Å². The molecule has 176 valence electrons. The third-order valence-corrected chi connectivity index (χ3v) is 8.12. The molecule has 0 spiro atoms. The van der Waals surface area contributed by atoms with Crippen LogP contribution in [0.1, 0.15) is 90.2 Å². The van der Waals surface area contributed by atoms with Gasteiger partial charge in [-0.25, -0.2) is 15.8 Å². The summed E-state index contributed by atoms with van der Waals surface area (Å²) in [6.07, 6.45) is 9.33. The number of anilines is 1. The maximum atomic E-state index is 5.78. The Morgan fingerprint density at radius 3 is 2.48 bits per heavy atom. The van der Waals surface area contributed by atoms with Crippen LogP contribution in [0, 0.1) is 11.8 Å². The summed E-state index contributed by atoms with van der Waals surface area (Å²) in [5.74, 6) is 8.54. The molecule has 1 aliphatic carbocycles. The third-order valence-electron chi connectivity index (χ3n) is 8.12. The van der Waals surface area contributed by atoms with E-state index >= 15 is 0 Å². The van der Waals surface area contributed by atoms with Gasteiger partial charge in [-0.1, -0.05) is 71.7 Å². The second kappa shape index (κ2) is 9.80. The lowest BCUT2D eigenvalue weighted by Crippen LogP contribution is -2.15. The normalized spacial score (nSPS) is 19.6. The van der Waals surface area contributed by atoms with Gasteiger partial charge in [0.05, 0.1) is 5.69 Å². The molecule has 4 nitrogen and oxygen atoms in total. The van der Waals surface area contributed by atoms with Crippen LogP contribution in [0.3, 0.4) is 0 Å². The van der Waals surface area contributed by atoms with Crippen molar-refractivity contribution in [3.63, 3.8) is 0 Å². The first-order valence-electron chi connectivity index (χ1n) is 12.7. The Labute approximate surface area is 199 Å². The highest BCUT2D eigenvalue weighted by Crippen LogP contribution is 2.41. The number of nitrogen functional groups attached to an aromatic ring is 1. The molecule has 4 rings (SSSR count). The van der Waals surface area contributed by atoms with Crippen LogP contribution in [-0.4, -0.2) is 9.97 Å². The van der Waals surface area contributed by atoms with E-state index in [4.69, 9.17) is 10.8 Å². The number of nitrogens with one attached hydrogen (secondary N) is 1. The molecule has 2 heterocycles. The predicted octanol–water partition coefficient (Wildman–Crippen LogP) is 7.59. The van der Waals surface area contributed by atoms with Crippen LogP contribution in [0.5, 0.6) is 0 Å². The Morgan fingerprint density at radius 2 is 1.82 bits per heavy atom. The molecule has 1 aromatic carbocycles. The number of hydrogen-bond acceptors (Lipinski definition) is 4. The molecular weight excluding hydrogens is 404 g/mol. The fourth-order valence-corrected chi connectivity index (χ4v) is 5.35. The molecule has 4 heteroatoms. The van der Waals surface area contributed by atoms with E-state index in [0.29, 0.717) is 11.7 Å². The molecule has 1 fully saturated rings. The quantitative estimate of drug-likeness (QED) is 0.233. The molecule has 1 aliphatic rings. The minimum Gasteiger partial charge on any atom is -0.307 e. The number of hydrazine groups is 1. The molecule has 33 heavy (non-hydrogen) atoms. The van der Waals surface area contributed by atoms with E-state index in [1.807, 2.05) is 6.20 Å². The summed E-state index contributed by atoms with van der Waals surface area (Å²) in [7, 11) is 0. The number of nitrogens with zero attached hydrogens (tertiary/aromatic N) is 2. The molecule has 2 unspecified atom stereocenters. The lowest BCUT2D eigenvalue weighted by Gasteiger charge is -2.24. The summed E-state index contributed by atoms with van der Waals surface area (Å²) in [5.41, 5.74) is 8.76. The number of pyridine rings is 2. The van der Waals surface area contributed by atoms with Crippen molar-refractivity contribution in [2.24, 2.45) is 17.7 Å². The molecule has 2 aromatic heterocycles. The molecule has 0 radical (unpaired) electrons. The Morgan fingerprint density at radius 1 is 1.06 bits per heavy atom. The van der Waals surface area contributed by atoms with Crippen LogP contribution >= 0.6 is 0 Å². The number of aromatic nitrogens is 2. The van der Waals surface area contributed by atoms with E-state index in [2.05, 4.69) is 81.4 Å². The van der Waals surface area contributed by atoms with Gasteiger partial charge in [0.1, 0.15) is 5.52 Å². The van der Waals surface area contributed by atoms with Crippen molar-refractivity contribution >= 4 is 16.7 Å². The lowest BCUT2D eigenvalue weighted by atomic mass is 9.81. The van der Waals surface area contributed by atoms with Gasteiger partial charge in [0, 0.05) is 17.1 Å². The number of rotatable bonds is 6. The number of fused-ring (bicyclic) bond motifs is 1. The van der Waals surface area contributed by atoms with Crippen molar-refractivity contribution < 1.29 is 0 Å². The molecule has 3 aromatic rings. The standard InChI is InChI=1S/C29H40N4/c1-6-29(4,5)24-14-12-22(13-15-24)26-25(21-9-7-8-20(10-11-21)19(2)3)18-23-16-17-31-28(33-30)27(23)32-26/h12-21H,6-11,30H2,1-5H3,(H,31,33). The van der Waals surface area contributed by atoms with E-state index in [1.54, 1.807) is 0 Å². The van der Waals surface area contributed by atoms with E-state index in [1.165, 1.54) is 48.8 Å².